The lowest BCUT2D eigenvalue weighted by Gasteiger charge is -2.59. The van der Waals surface area contributed by atoms with Crippen molar-refractivity contribution in [1.29, 1.82) is 0 Å². The first-order valence-electron chi connectivity index (χ1n) is 12.9. The summed E-state index contributed by atoms with van der Waals surface area (Å²) in [5.74, 6) is 2.22. The molecule has 5 fully saturated rings. The standard InChI is InChI=1S/C26H37N3O4S/c1-3-24(26-15-19-11-20(16-26)13-21(12-19)17-26)27-25(31)22-5-4-6-23(14-22)34(32,33)29-9-7-28(8-10-29)18(2)30/h4-6,14,19-21,24H,3,7-13,15-17H2,1-2H3,(H,27,31)/t19?,20?,21?,24-,26?/m0/s1. The van der Waals surface area contributed by atoms with E-state index in [9.17, 15) is 18.0 Å². The normalized spacial score (nSPS) is 31.9. The maximum Gasteiger partial charge on any atom is 0.251 e. The van der Waals surface area contributed by atoms with Crippen LogP contribution in [0.1, 0.15) is 69.2 Å². The van der Waals surface area contributed by atoms with Gasteiger partial charge in [0.25, 0.3) is 5.91 Å². The molecule has 0 radical (unpaired) electrons. The van der Waals surface area contributed by atoms with Crippen molar-refractivity contribution in [3.63, 3.8) is 0 Å². The SMILES string of the molecule is CC[C@H](NC(=O)c1cccc(S(=O)(=O)N2CCN(C(C)=O)CC2)c1)C12CC3CC(CC(C3)C1)C2. The molecule has 1 heterocycles. The first-order valence-corrected chi connectivity index (χ1v) is 14.3. The minimum atomic E-state index is -3.72. The number of benzene rings is 1. The van der Waals surface area contributed by atoms with Crippen molar-refractivity contribution in [2.24, 2.45) is 23.2 Å². The maximum absolute atomic E-state index is 13.3. The summed E-state index contributed by atoms with van der Waals surface area (Å²) in [5, 5.41) is 3.32. The number of nitrogens with zero attached hydrogens (tertiary/aromatic N) is 2. The Morgan fingerprint density at radius 1 is 1.03 bits per heavy atom. The Morgan fingerprint density at radius 2 is 1.62 bits per heavy atom. The first-order chi connectivity index (χ1) is 16.2. The van der Waals surface area contributed by atoms with E-state index in [2.05, 4.69) is 12.2 Å². The Bertz CT molecular complexity index is 1030. The van der Waals surface area contributed by atoms with Crippen LogP contribution in [0, 0.1) is 23.2 Å². The number of nitrogens with one attached hydrogen (secondary N) is 1. The van der Waals surface area contributed by atoms with Gasteiger partial charge in [0.1, 0.15) is 0 Å². The summed E-state index contributed by atoms with van der Waals surface area (Å²) in [6.07, 6.45) is 8.66. The van der Waals surface area contributed by atoms with Crippen LogP contribution in [0.3, 0.4) is 0 Å². The summed E-state index contributed by atoms with van der Waals surface area (Å²) in [7, 11) is -3.72. The fourth-order valence-electron chi connectivity index (χ4n) is 7.72. The van der Waals surface area contributed by atoms with Gasteiger partial charge in [0.15, 0.2) is 0 Å². The van der Waals surface area contributed by atoms with E-state index in [0.717, 1.165) is 24.2 Å². The van der Waals surface area contributed by atoms with Gasteiger partial charge in [-0.25, -0.2) is 8.42 Å². The summed E-state index contributed by atoms with van der Waals surface area (Å²) in [4.78, 5) is 26.7. The molecule has 8 heteroatoms. The fraction of sp³-hybridized carbons (Fsp3) is 0.692. The van der Waals surface area contributed by atoms with Gasteiger partial charge in [-0.2, -0.15) is 4.31 Å². The van der Waals surface area contributed by atoms with Crippen molar-refractivity contribution >= 4 is 21.8 Å². The molecule has 4 bridgehead atoms. The van der Waals surface area contributed by atoms with Gasteiger partial charge in [-0.3, -0.25) is 9.59 Å². The second kappa shape index (κ2) is 8.94. The molecule has 1 aliphatic heterocycles. The molecule has 186 valence electrons. The molecular weight excluding hydrogens is 450 g/mol. The predicted molar refractivity (Wildman–Crippen MR) is 130 cm³/mol. The van der Waals surface area contributed by atoms with Gasteiger partial charge in [-0.1, -0.05) is 13.0 Å². The molecule has 4 aliphatic carbocycles. The van der Waals surface area contributed by atoms with Crippen LogP contribution in [0.25, 0.3) is 0 Å². The largest absolute Gasteiger partial charge is 0.349 e. The Hall–Kier alpha value is -1.93. The van der Waals surface area contributed by atoms with Gasteiger partial charge >= 0.3 is 0 Å². The third-order valence-corrected chi connectivity index (χ3v) is 10.9. The van der Waals surface area contributed by atoms with Crippen molar-refractivity contribution in [2.45, 2.75) is 69.7 Å². The fourth-order valence-corrected chi connectivity index (χ4v) is 9.19. The summed E-state index contributed by atoms with van der Waals surface area (Å²) >= 11 is 0. The van der Waals surface area contributed by atoms with Crippen LogP contribution in [0.15, 0.2) is 29.2 Å². The van der Waals surface area contributed by atoms with Crippen LogP contribution in [0.2, 0.25) is 0 Å². The molecule has 0 unspecified atom stereocenters. The van der Waals surface area contributed by atoms with E-state index in [1.807, 2.05) is 0 Å². The number of hydrogen-bond donors (Lipinski definition) is 1. The predicted octanol–water partition coefficient (Wildman–Crippen LogP) is 3.26. The number of piperazine rings is 1. The molecule has 0 aromatic heterocycles. The van der Waals surface area contributed by atoms with Crippen molar-refractivity contribution in [3.8, 4) is 0 Å². The van der Waals surface area contributed by atoms with Crippen LogP contribution >= 0.6 is 0 Å². The third kappa shape index (κ3) is 4.28. The van der Waals surface area contributed by atoms with E-state index < -0.39 is 10.0 Å². The highest BCUT2D eigenvalue weighted by Gasteiger charge is 2.54. The van der Waals surface area contributed by atoms with Gasteiger partial charge in [-0.15, -0.1) is 0 Å². The van der Waals surface area contributed by atoms with Crippen LogP contribution in [0.5, 0.6) is 0 Å². The van der Waals surface area contributed by atoms with Crippen LogP contribution in [0.4, 0.5) is 0 Å². The highest BCUT2D eigenvalue weighted by molar-refractivity contribution is 7.89. The van der Waals surface area contributed by atoms with Gasteiger partial charge in [0, 0.05) is 44.7 Å². The molecular formula is C26H37N3O4S. The monoisotopic (exact) mass is 487 g/mol. The first kappa shape index (κ1) is 23.8. The van der Waals surface area contributed by atoms with E-state index in [-0.39, 0.29) is 41.3 Å². The number of amides is 2. The topological polar surface area (TPSA) is 86.8 Å². The Morgan fingerprint density at radius 3 is 2.15 bits per heavy atom. The summed E-state index contributed by atoms with van der Waals surface area (Å²) in [6, 6.07) is 6.55. The van der Waals surface area contributed by atoms with Crippen molar-refractivity contribution in [1.82, 2.24) is 14.5 Å². The minimum absolute atomic E-state index is 0.0415. The van der Waals surface area contributed by atoms with E-state index in [1.54, 1.807) is 23.1 Å². The zero-order chi connectivity index (χ0) is 24.1. The van der Waals surface area contributed by atoms with Crippen LogP contribution in [-0.4, -0.2) is 61.7 Å². The molecule has 1 atom stereocenters. The minimum Gasteiger partial charge on any atom is -0.349 e. The number of carbonyl (C=O) groups is 2. The molecule has 0 spiro atoms. The second-order valence-corrected chi connectivity index (χ2v) is 13.1. The number of rotatable bonds is 6. The molecule has 7 nitrogen and oxygen atoms in total. The molecule has 4 saturated carbocycles. The van der Waals surface area contributed by atoms with Gasteiger partial charge < -0.3 is 10.2 Å². The highest BCUT2D eigenvalue weighted by atomic mass is 32.2. The summed E-state index contributed by atoms with van der Waals surface area (Å²) in [5.41, 5.74) is 0.603. The number of sulfonamides is 1. The molecule has 34 heavy (non-hydrogen) atoms. The second-order valence-electron chi connectivity index (χ2n) is 11.2. The van der Waals surface area contributed by atoms with E-state index in [0.29, 0.717) is 18.7 Å². The van der Waals surface area contributed by atoms with Crippen LogP contribution < -0.4 is 5.32 Å². The average molecular weight is 488 g/mol. The summed E-state index contributed by atoms with van der Waals surface area (Å²) in [6.45, 7) is 4.96. The molecule has 1 saturated heterocycles. The molecule has 1 N–H and O–H groups in total. The third-order valence-electron chi connectivity index (χ3n) is 8.96. The Labute approximate surface area is 203 Å². The maximum atomic E-state index is 13.3. The smallest absolute Gasteiger partial charge is 0.251 e. The zero-order valence-corrected chi connectivity index (χ0v) is 21.1. The highest BCUT2D eigenvalue weighted by Crippen LogP contribution is 2.61. The van der Waals surface area contributed by atoms with E-state index >= 15 is 0 Å². The molecule has 5 aliphatic rings. The van der Waals surface area contributed by atoms with Crippen molar-refractivity contribution in [3.05, 3.63) is 29.8 Å². The molecule has 1 aromatic rings. The molecule has 1 aromatic carbocycles. The zero-order valence-electron chi connectivity index (χ0n) is 20.3. The van der Waals surface area contributed by atoms with Crippen molar-refractivity contribution in [2.75, 3.05) is 26.2 Å². The quantitative estimate of drug-likeness (QED) is 0.667. The average Bonchev–Trinajstić information content (AvgIpc) is 2.81. The van der Waals surface area contributed by atoms with Gasteiger partial charge in [0.2, 0.25) is 15.9 Å². The molecule has 2 amide bonds. The van der Waals surface area contributed by atoms with Crippen molar-refractivity contribution < 1.29 is 18.0 Å². The van der Waals surface area contributed by atoms with Crippen LogP contribution in [-0.2, 0) is 14.8 Å². The number of carbonyl (C=O) groups excluding carboxylic acids is 2. The number of hydrogen-bond acceptors (Lipinski definition) is 4. The van der Waals surface area contributed by atoms with E-state index in [1.165, 1.54) is 55.8 Å². The Kier molecular flexibility index (Phi) is 6.25. The van der Waals surface area contributed by atoms with Gasteiger partial charge in [-0.05, 0) is 86.3 Å². The Balaban J connectivity index is 1.30. The lowest BCUT2D eigenvalue weighted by atomic mass is 9.47. The van der Waals surface area contributed by atoms with E-state index in [4.69, 9.17) is 0 Å². The molecule has 6 rings (SSSR count). The lowest BCUT2D eigenvalue weighted by molar-refractivity contribution is -0.129. The summed E-state index contributed by atoms with van der Waals surface area (Å²) < 4.78 is 27.9. The lowest BCUT2D eigenvalue weighted by Crippen LogP contribution is -2.56. The van der Waals surface area contributed by atoms with Gasteiger partial charge in [0.05, 0.1) is 4.90 Å².